The van der Waals surface area contributed by atoms with Crippen molar-refractivity contribution in [3.05, 3.63) is 99.5 Å². The van der Waals surface area contributed by atoms with Crippen LogP contribution in [0.25, 0.3) is 0 Å². The molecule has 0 aliphatic carbocycles. The average Bonchev–Trinajstić information content (AvgIpc) is 2.93. The highest BCUT2D eigenvalue weighted by molar-refractivity contribution is 6.37. The molecule has 0 saturated carbocycles. The predicted octanol–water partition coefficient (Wildman–Crippen LogP) is 6.18. The predicted molar refractivity (Wildman–Crippen MR) is 150 cm³/mol. The van der Waals surface area contributed by atoms with E-state index in [0.717, 1.165) is 24.0 Å². The molecule has 0 aromatic heterocycles. The number of anilines is 1. The SMILES string of the molecule is CCOC(=O)C1CCCN(C(=O)Cc2ccc(N(Cc3ccccc3)C(=O)c3ccc(Cl)cc3Cl)cc2)C1. The van der Waals surface area contributed by atoms with Crippen LogP contribution in [0.5, 0.6) is 0 Å². The van der Waals surface area contributed by atoms with Crippen molar-refractivity contribution in [3.8, 4) is 0 Å². The Balaban J connectivity index is 1.50. The molecule has 1 atom stereocenters. The minimum Gasteiger partial charge on any atom is -0.466 e. The van der Waals surface area contributed by atoms with E-state index in [1.54, 1.807) is 34.9 Å². The molecular weight excluding hydrogens is 523 g/mol. The highest BCUT2D eigenvalue weighted by atomic mass is 35.5. The molecule has 1 fully saturated rings. The molecule has 0 spiro atoms. The van der Waals surface area contributed by atoms with Crippen LogP contribution in [0.2, 0.25) is 10.0 Å². The van der Waals surface area contributed by atoms with E-state index in [9.17, 15) is 14.4 Å². The van der Waals surface area contributed by atoms with Gasteiger partial charge in [0, 0.05) is 23.8 Å². The van der Waals surface area contributed by atoms with Crippen LogP contribution in [-0.4, -0.2) is 42.4 Å². The van der Waals surface area contributed by atoms with Crippen molar-refractivity contribution in [2.24, 2.45) is 5.92 Å². The number of esters is 1. The zero-order chi connectivity index (χ0) is 27.1. The quantitative estimate of drug-likeness (QED) is 0.313. The van der Waals surface area contributed by atoms with Crippen molar-refractivity contribution in [1.82, 2.24) is 4.90 Å². The maximum Gasteiger partial charge on any atom is 0.310 e. The standard InChI is InChI=1S/C30H30Cl2N2O4/c1-2-38-30(37)23-9-6-16-33(20-23)28(35)17-21-10-13-25(14-11-21)34(19-22-7-4-3-5-8-22)29(36)26-15-12-24(31)18-27(26)32/h3-5,7-8,10-15,18,23H,2,6,9,16-17,19-20H2,1H3. The minimum atomic E-state index is -0.271. The number of likely N-dealkylation sites (tertiary alicyclic amines) is 1. The van der Waals surface area contributed by atoms with Crippen molar-refractivity contribution in [1.29, 1.82) is 0 Å². The third-order valence-electron chi connectivity index (χ3n) is 6.59. The molecule has 2 amide bonds. The summed E-state index contributed by atoms with van der Waals surface area (Å²) in [6.45, 7) is 3.49. The van der Waals surface area contributed by atoms with E-state index in [1.165, 1.54) is 0 Å². The van der Waals surface area contributed by atoms with E-state index in [2.05, 4.69) is 0 Å². The first-order valence-corrected chi connectivity index (χ1v) is 13.5. The number of amides is 2. The van der Waals surface area contributed by atoms with Gasteiger partial charge in [-0.25, -0.2) is 0 Å². The molecule has 0 N–H and O–H groups in total. The Kier molecular flexibility index (Phi) is 9.43. The molecule has 3 aromatic rings. The summed E-state index contributed by atoms with van der Waals surface area (Å²) >= 11 is 12.4. The molecule has 1 unspecified atom stereocenters. The lowest BCUT2D eigenvalue weighted by molar-refractivity contribution is -0.151. The van der Waals surface area contributed by atoms with Gasteiger partial charge in [-0.2, -0.15) is 0 Å². The van der Waals surface area contributed by atoms with Gasteiger partial charge in [0.05, 0.1) is 36.1 Å². The maximum absolute atomic E-state index is 13.6. The Morgan fingerprint density at radius 2 is 1.71 bits per heavy atom. The summed E-state index contributed by atoms with van der Waals surface area (Å²) in [7, 11) is 0. The number of halogens is 2. The summed E-state index contributed by atoms with van der Waals surface area (Å²) in [5.74, 6) is -0.792. The highest BCUT2D eigenvalue weighted by Crippen LogP contribution is 2.27. The highest BCUT2D eigenvalue weighted by Gasteiger charge is 2.29. The number of carbonyl (C=O) groups excluding carboxylic acids is 3. The number of nitrogens with zero attached hydrogens (tertiary/aromatic N) is 2. The van der Waals surface area contributed by atoms with Gasteiger partial charge in [-0.3, -0.25) is 14.4 Å². The van der Waals surface area contributed by atoms with Crippen LogP contribution in [0.15, 0.2) is 72.8 Å². The molecule has 0 bridgehead atoms. The van der Waals surface area contributed by atoms with E-state index < -0.39 is 0 Å². The van der Waals surface area contributed by atoms with Crippen LogP contribution in [0.3, 0.4) is 0 Å². The second-order valence-electron chi connectivity index (χ2n) is 9.28. The number of hydrogen-bond donors (Lipinski definition) is 0. The lowest BCUT2D eigenvalue weighted by atomic mass is 9.97. The normalized spacial score (nSPS) is 15.1. The van der Waals surface area contributed by atoms with Crippen molar-refractivity contribution in [2.45, 2.75) is 32.7 Å². The molecule has 1 aliphatic heterocycles. The number of ether oxygens (including phenoxy) is 1. The molecule has 8 heteroatoms. The van der Waals surface area contributed by atoms with Crippen LogP contribution in [0.4, 0.5) is 5.69 Å². The van der Waals surface area contributed by atoms with Crippen LogP contribution in [0, 0.1) is 5.92 Å². The third-order valence-corrected chi connectivity index (χ3v) is 7.14. The molecule has 6 nitrogen and oxygen atoms in total. The summed E-state index contributed by atoms with van der Waals surface area (Å²) < 4.78 is 5.15. The molecule has 38 heavy (non-hydrogen) atoms. The topological polar surface area (TPSA) is 66.9 Å². The fourth-order valence-electron chi connectivity index (χ4n) is 4.59. The van der Waals surface area contributed by atoms with E-state index in [1.807, 2.05) is 54.6 Å². The van der Waals surface area contributed by atoms with Crippen LogP contribution < -0.4 is 4.90 Å². The Hall–Kier alpha value is -3.35. The Bertz CT molecular complexity index is 1280. The molecule has 1 aliphatic rings. The largest absolute Gasteiger partial charge is 0.466 e. The van der Waals surface area contributed by atoms with Gasteiger partial charge >= 0.3 is 5.97 Å². The first-order chi connectivity index (χ1) is 18.4. The number of carbonyl (C=O) groups is 3. The number of rotatable bonds is 8. The Morgan fingerprint density at radius 1 is 0.974 bits per heavy atom. The van der Waals surface area contributed by atoms with Crippen LogP contribution in [0.1, 0.15) is 41.3 Å². The van der Waals surface area contributed by atoms with Gasteiger partial charge in [-0.15, -0.1) is 0 Å². The van der Waals surface area contributed by atoms with Crippen LogP contribution >= 0.6 is 23.2 Å². The van der Waals surface area contributed by atoms with Crippen molar-refractivity contribution in [3.63, 3.8) is 0 Å². The van der Waals surface area contributed by atoms with E-state index >= 15 is 0 Å². The van der Waals surface area contributed by atoms with Gasteiger partial charge < -0.3 is 14.5 Å². The van der Waals surface area contributed by atoms with Crippen molar-refractivity contribution >= 4 is 46.7 Å². The summed E-state index contributed by atoms with van der Waals surface area (Å²) in [5, 5.41) is 0.739. The van der Waals surface area contributed by atoms with Gasteiger partial charge in [0.1, 0.15) is 0 Å². The summed E-state index contributed by atoms with van der Waals surface area (Å²) in [6, 6.07) is 21.9. The Morgan fingerprint density at radius 3 is 2.39 bits per heavy atom. The zero-order valence-corrected chi connectivity index (χ0v) is 22.8. The molecule has 3 aromatic carbocycles. The van der Waals surface area contributed by atoms with Crippen LogP contribution in [-0.2, 0) is 27.3 Å². The lowest BCUT2D eigenvalue weighted by Gasteiger charge is -2.31. The molecule has 0 radical (unpaired) electrons. The third kappa shape index (κ3) is 6.94. The van der Waals surface area contributed by atoms with E-state index in [-0.39, 0.29) is 35.1 Å². The first-order valence-electron chi connectivity index (χ1n) is 12.7. The van der Waals surface area contributed by atoms with Gasteiger partial charge in [0.2, 0.25) is 5.91 Å². The summed E-state index contributed by atoms with van der Waals surface area (Å²) in [4.78, 5) is 42.1. The number of piperidine rings is 1. The second kappa shape index (κ2) is 12.9. The molecule has 1 saturated heterocycles. The number of benzene rings is 3. The minimum absolute atomic E-state index is 0.0306. The van der Waals surface area contributed by atoms with Gasteiger partial charge in [0.25, 0.3) is 5.91 Å². The molecule has 1 heterocycles. The van der Waals surface area contributed by atoms with E-state index in [4.69, 9.17) is 27.9 Å². The van der Waals surface area contributed by atoms with Gasteiger partial charge in [0.15, 0.2) is 0 Å². The lowest BCUT2D eigenvalue weighted by Crippen LogP contribution is -2.43. The monoisotopic (exact) mass is 552 g/mol. The molecule has 4 rings (SSSR count). The van der Waals surface area contributed by atoms with Crippen molar-refractivity contribution in [2.75, 3.05) is 24.6 Å². The molecule has 198 valence electrons. The first kappa shape index (κ1) is 27.7. The Labute approximate surface area is 233 Å². The number of hydrogen-bond acceptors (Lipinski definition) is 4. The van der Waals surface area contributed by atoms with Gasteiger partial charge in [-0.1, -0.05) is 65.7 Å². The van der Waals surface area contributed by atoms with Gasteiger partial charge in [-0.05, 0) is 61.2 Å². The maximum atomic E-state index is 13.6. The average molecular weight is 553 g/mol. The fraction of sp³-hybridized carbons (Fsp3) is 0.300. The summed E-state index contributed by atoms with van der Waals surface area (Å²) in [6.07, 6.45) is 1.73. The summed E-state index contributed by atoms with van der Waals surface area (Å²) in [5.41, 5.74) is 2.83. The second-order valence-corrected chi connectivity index (χ2v) is 10.1. The van der Waals surface area contributed by atoms with E-state index in [0.29, 0.717) is 42.5 Å². The molecular formula is C30H30Cl2N2O4. The smallest absolute Gasteiger partial charge is 0.310 e. The van der Waals surface area contributed by atoms with Crippen molar-refractivity contribution < 1.29 is 19.1 Å². The fourth-order valence-corrected chi connectivity index (χ4v) is 5.08. The zero-order valence-electron chi connectivity index (χ0n) is 21.2.